The molecule has 0 heterocycles. The Morgan fingerprint density at radius 3 is 2.65 bits per heavy atom. The highest BCUT2D eigenvalue weighted by atomic mass is 79.9. The summed E-state index contributed by atoms with van der Waals surface area (Å²) in [6.45, 7) is 0.834. The molecule has 1 aromatic rings. The molecule has 0 saturated heterocycles. The number of hydrogen-bond acceptors (Lipinski definition) is 2. The third-order valence-electron chi connectivity index (χ3n) is 3.91. The van der Waals surface area contributed by atoms with Crippen molar-refractivity contribution >= 4 is 21.9 Å². The molecule has 2 rings (SSSR count). The SMILES string of the molecule is O=C(O)C1CCC(NCCc2ccc(F)c(Br)c2)CC1. The number of nitrogens with one attached hydrogen (secondary N) is 1. The average Bonchev–Trinajstić information content (AvgIpc) is 2.43. The molecule has 1 aromatic carbocycles. The van der Waals surface area contributed by atoms with E-state index in [0.29, 0.717) is 10.5 Å². The molecule has 1 aliphatic rings. The van der Waals surface area contributed by atoms with Crippen LogP contribution >= 0.6 is 15.9 Å². The Balaban J connectivity index is 1.71. The Labute approximate surface area is 126 Å². The van der Waals surface area contributed by atoms with E-state index in [1.54, 1.807) is 12.1 Å². The van der Waals surface area contributed by atoms with Crippen molar-refractivity contribution in [3.63, 3.8) is 0 Å². The van der Waals surface area contributed by atoms with Gasteiger partial charge in [-0.2, -0.15) is 0 Å². The number of aliphatic carboxylic acids is 1. The van der Waals surface area contributed by atoms with E-state index >= 15 is 0 Å². The van der Waals surface area contributed by atoms with Gasteiger partial charge in [-0.25, -0.2) is 4.39 Å². The molecular weight excluding hydrogens is 325 g/mol. The van der Waals surface area contributed by atoms with Gasteiger partial charge in [-0.1, -0.05) is 6.07 Å². The van der Waals surface area contributed by atoms with Crippen molar-refractivity contribution < 1.29 is 14.3 Å². The normalized spacial score (nSPS) is 22.7. The fraction of sp³-hybridized carbons (Fsp3) is 0.533. The number of carboxylic acid groups (broad SMARTS) is 1. The van der Waals surface area contributed by atoms with Crippen LogP contribution in [0.5, 0.6) is 0 Å². The zero-order chi connectivity index (χ0) is 14.5. The van der Waals surface area contributed by atoms with E-state index in [-0.39, 0.29) is 11.7 Å². The maximum Gasteiger partial charge on any atom is 0.306 e. The Bertz CT molecular complexity index is 473. The average molecular weight is 344 g/mol. The summed E-state index contributed by atoms with van der Waals surface area (Å²) in [6, 6.07) is 5.48. The van der Waals surface area contributed by atoms with Gasteiger partial charge in [0, 0.05) is 6.04 Å². The largest absolute Gasteiger partial charge is 0.481 e. The molecule has 20 heavy (non-hydrogen) atoms. The molecule has 0 aliphatic heterocycles. The first kappa shape index (κ1) is 15.4. The quantitative estimate of drug-likeness (QED) is 0.861. The number of hydrogen-bond donors (Lipinski definition) is 2. The van der Waals surface area contributed by atoms with Crippen LogP contribution in [0.4, 0.5) is 4.39 Å². The summed E-state index contributed by atoms with van der Waals surface area (Å²) < 4.78 is 13.6. The van der Waals surface area contributed by atoms with Gasteiger partial charge in [0.2, 0.25) is 0 Å². The molecule has 5 heteroatoms. The maximum absolute atomic E-state index is 13.1. The van der Waals surface area contributed by atoms with E-state index in [9.17, 15) is 9.18 Å². The molecule has 3 nitrogen and oxygen atoms in total. The van der Waals surface area contributed by atoms with E-state index in [1.807, 2.05) is 0 Å². The van der Waals surface area contributed by atoms with Crippen LogP contribution in [0.15, 0.2) is 22.7 Å². The van der Waals surface area contributed by atoms with Crippen molar-refractivity contribution in [2.24, 2.45) is 5.92 Å². The van der Waals surface area contributed by atoms with Crippen LogP contribution in [0, 0.1) is 11.7 Å². The lowest BCUT2D eigenvalue weighted by Gasteiger charge is -2.27. The molecule has 0 atom stereocenters. The van der Waals surface area contributed by atoms with Crippen LogP contribution in [0.3, 0.4) is 0 Å². The van der Waals surface area contributed by atoms with Crippen molar-refractivity contribution in [1.82, 2.24) is 5.32 Å². The lowest BCUT2D eigenvalue weighted by molar-refractivity contribution is -0.142. The third-order valence-corrected chi connectivity index (χ3v) is 4.51. The molecule has 1 fully saturated rings. The summed E-state index contributed by atoms with van der Waals surface area (Å²) in [7, 11) is 0. The molecule has 0 aromatic heterocycles. The second-order valence-corrected chi connectivity index (χ2v) is 6.19. The van der Waals surface area contributed by atoms with Crippen LogP contribution in [0.2, 0.25) is 0 Å². The Kier molecular flexibility index (Phi) is 5.54. The summed E-state index contributed by atoms with van der Waals surface area (Å²) in [5.41, 5.74) is 1.09. The topological polar surface area (TPSA) is 49.3 Å². The predicted molar refractivity (Wildman–Crippen MR) is 79.2 cm³/mol. The van der Waals surface area contributed by atoms with Crippen molar-refractivity contribution in [3.05, 3.63) is 34.1 Å². The van der Waals surface area contributed by atoms with Crippen LogP contribution in [0.25, 0.3) is 0 Å². The minimum atomic E-state index is -0.667. The molecule has 110 valence electrons. The Morgan fingerprint density at radius 2 is 2.05 bits per heavy atom. The van der Waals surface area contributed by atoms with Crippen LogP contribution in [-0.2, 0) is 11.2 Å². The van der Waals surface area contributed by atoms with Crippen molar-refractivity contribution in [2.75, 3.05) is 6.54 Å². The van der Waals surface area contributed by atoms with Crippen LogP contribution in [-0.4, -0.2) is 23.7 Å². The maximum atomic E-state index is 13.1. The number of carbonyl (C=O) groups is 1. The second-order valence-electron chi connectivity index (χ2n) is 5.34. The lowest BCUT2D eigenvalue weighted by atomic mass is 9.86. The van der Waals surface area contributed by atoms with Gasteiger partial charge < -0.3 is 10.4 Å². The minimum absolute atomic E-state index is 0.166. The molecule has 0 bridgehead atoms. The second kappa shape index (κ2) is 7.18. The van der Waals surface area contributed by atoms with Gasteiger partial charge in [-0.05, 0) is 72.3 Å². The van der Waals surface area contributed by atoms with Crippen LogP contribution < -0.4 is 5.32 Å². The van der Waals surface area contributed by atoms with Crippen molar-refractivity contribution in [3.8, 4) is 0 Å². The summed E-state index contributed by atoms with van der Waals surface area (Å²) in [4.78, 5) is 10.9. The van der Waals surface area contributed by atoms with E-state index in [0.717, 1.165) is 44.2 Å². The predicted octanol–water partition coefficient (Wildman–Crippen LogP) is 3.36. The number of halogens is 2. The monoisotopic (exact) mass is 343 g/mol. The first-order chi connectivity index (χ1) is 9.56. The fourth-order valence-electron chi connectivity index (χ4n) is 2.66. The van der Waals surface area contributed by atoms with Gasteiger partial charge in [0.15, 0.2) is 0 Å². The fourth-order valence-corrected chi connectivity index (χ4v) is 3.09. The molecule has 0 unspecified atom stereocenters. The Hall–Kier alpha value is -0.940. The van der Waals surface area contributed by atoms with Crippen molar-refractivity contribution in [2.45, 2.75) is 38.1 Å². The molecular formula is C15H19BrFNO2. The molecule has 1 aliphatic carbocycles. The number of carboxylic acids is 1. The van der Waals surface area contributed by atoms with E-state index < -0.39 is 5.97 Å². The highest BCUT2D eigenvalue weighted by molar-refractivity contribution is 9.10. The standard InChI is InChI=1S/C15H19BrFNO2/c16-13-9-10(1-6-14(13)17)7-8-18-12-4-2-11(3-5-12)15(19)20/h1,6,9,11-12,18H,2-5,7-8H2,(H,19,20). The van der Waals surface area contributed by atoms with Gasteiger partial charge in [-0.3, -0.25) is 4.79 Å². The van der Waals surface area contributed by atoms with Gasteiger partial charge >= 0.3 is 5.97 Å². The van der Waals surface area contributed by atoms with Gasteiger partial charge in [0.1, 0.15) is 5.82 Å². The van der Waals surface area contributed by atoms with Gasteiger partial charge in [0.05, 0.1) is 10.4 Å². The summed E-state index contributed by atoms with van der Waals surface area (Å²) in [5.74, 6) is -1.07. The molecule has 0 spiro atoms. The highest BCUT2D eigenvalue weighted by Crippen LogP contribution is 2.24. The van der Waals surface area contributed by atoms with E-state index in [2.05, 4.69) is 21.2 Å². The van der Waals surface area contributed by atoms with E-state index in [4.69, 9.17) is 5.11 Å². The number of benzene rings is 1. The summed E-state index contributed by atoms with van der Waals surface area (Å²) in [5, 5.41) is 12.4. The van der Waals surface area contributed by atoms with Crippen molar-refractivity contribution in [1.29, 1.82) is 0 Å². The van der Waals surface area contributed by atoms with Crippen LogP contribution in [0.1, 0.15) is 31.2 Å². The minimum Gasteiger partial charge on any atom is -0.481 e. The lowest BCUT2D eigenvalue weighted by Crippen LogP contribution is -2.36. The molecule has 0 radical (unpaired) electrons. The summed E-state index contributed by atoms with van der Waals surface area (Å²) >= 11 is 3.18. The Morgan fingerprint density at radius 1 is 1.35 bits per heavy atom. The molecule has 2 N–H and O–H groups in total. The highest BCUT2D eigenvalue weighted by Gasteiger charge is 2.25. The molecule has 0 amide bonds. The van der Waals surface area contributed by atoms with E-state index in [1.165, 1.54) is 6.07 Å². The smallest absolute Gasteiger partial charge is 0.306 e. The first-order valence-electron chi connectivity index (χ1n) is 6.96. The van der Waals surface area contributed by atoms with Gasteiger partial charge in [0.25, 0.3) is 0 Å². The van der Waals surface area contributed by atoms with Gasteiger partial charge in [-0.15, -0.1) is 0 Å². The summed E-state index contributed by atoms with van der Waals surface area (Å²) in [6.07, 6.45) is 4.20. The first-order valence-corrected chi connectivity index (χ1v) is 7.75. The zero-order valence-corrected chi connectivity index (χ0v) is 12.8. The molecule has 1 saturated carbocycles. The number of rotatable bonds is 5. The zero-order valence-electron chi connectivity index (χ0n) is 11.2. The third kappa shape index (κ3) is 4.28.